The van der Waals surface area contributed by atoms with E-state index in [2.05, 4.69) is 20.1 Å². The summed E-state index contributed by atoms with van der Waals surface area (Å²) in [5.74, 6) is 0.838. The normalized spacial score (nSPS) is 22.2. The number of oxazole rings is 1. The van der Waals surface area contributed by atoms with Crippen LogP contribution in [0.4, 0.5) is 0 Å². The molecule has 0 amide bonds. The van der Waals surface area contributed by atoms with Crippen molar-refractivity contribution in [2.45, 2.75) is 12.6 Å². The second-order valence-corrected chi connectivity index (χ2v) is 5.71. The third-order valence-corrected chi connectivity index (χ3v) is 4.30. The fourth-order valence-corrected chi connectivity index (χ4v) is 3.13. The van der Waals surface area contributed by atoms with Crippen molar-refractivity contribution in [1.29, 1.82) is 0 Å². The average Bonchev–Trinajstić information content (AvgIpc) is 2.86. The first kappa shape index (κ1) is 12.3. The monoisotopic (exact) mass is 272 g/mol. The number of aromatic nitrogens is 1. The van der Waals surface area contributed by atoms with Crippen molar-refractivity contribution in [3.05, 3.63) is 30.2 Å². The molecule has 106 valence electrons. The topological polar surface area (TPSA) is 44.5 Å². The van der Waals surface area contributed by atoms with Gasteiger partial charge in [0.2, 0.25) is 5.89 Å². The molecule has 5 heteroatoms. The van der Waals surface area contributed by atoms with Gasteiger partial charge in [-0.05, 0) is 12.1 Å². The molecule has 5 nitrogen and oxygen atoms in total. The highest BCUT2D eigenvalue weighted by molar-refractivity contribution is 5.72. The zero-order valence-corrected chi connectivity index (χ0v) is 11.6. The van der Waals surface area contributed by atoms with Crippen LogP contribution in [0.2, 0.25) is 0 Å². The average molecular weight is 272 g/mol. The van der Waals surface area contributed by atoms with Crippen LogP contribution in [0.3, 0.4) is 0 Å². The minimum Gasteiger partial charge on any atom is -0.439 e. The summed E-state index contributed by atoms with van der Waals surface area (Å²) in [7, 11) is 0. The second-order valence-electron chi connectivity index (χ2n) is 5.71. The Kier molecular flexibility index (Phi) is 3.18. The van der Waals surface area contributed by atoms with Crippen LogP contribution in [0.1, 0.15) is 5.89 Å². The molecule has 2 aliphatic rings. The Morgan fingerprint density at radius 2 is 2.00 bits per heavy atom. The van der Waals surface area contributed by atoms with Gasteiger partial charge in [-0.15, -0.1) is 0 Å². The molecular weight excluding hydrogens is 252 g/mol. The van der Waals surface area contributed by atoms with E-state index >= 15 is 0 Å². The second kappa shape index (κ2) is 5.16. The summed E-state index contributed by atoms with van der Waals surface area (Å²) in [5.41, 5.74) is 1.85. The van der Waals surface area contributed by atoms with E-state index in [0.717, 1.165) is 55.8 Å². The van der Waals surface area contributed by atoms with E-state index in [9.17, 15) is 0 Å². The molecule has 1 N–H and O–H groups in total. The molecular formula is C15H20N4O. The maximum Gasteiger partial charge on any atom is 0.209 e. The van der Waals surface area contributed by atoms with E-state index in [0.29, 0.717) is 0 Å². The summed E-state index contributed by atoms with van der Waals surface area (Å²) in [6, 6.07) is 8.69. The number of rotatable bonds is 3. The van der Waals surface area contributed by atoms with Gasteiger partial charge in [-0.25, -0.2) is 4.98 Å². The van der Waals surface area contributed by atoms with Crippen LogP contribution in [-0.2, 0) is 6.54 Å². The van der Waals surface area contributed by atoms with Crippen LogP contribution in [0.5, 0.6) is 0 Å². The Bertz CT molecular complexity index is 551. The molecule has 4 rings (SSSR count). The van der Waals surface area contributed by atoms with E-state index in [1.807, 2.05) is 24.3 Å². The van der Waals surface area contributed by atoms with Crippen molar-refractivity contribution in [1.82, 2.24) is 20.1 Å². The van der Waals surface area contributed by atoms with Crippen LogP contribution >= 0.6 is 0 Å². The van der Waals surface area contributed by atoms with Gasteiger partial charge in [-0.3, -0.25) is 9.80 Å². The minimum absolute atomic E-state index is 0.724. The number of hydrogen-bond acceptors (Lipinski definition) is 5. The van der Waals surface area contributed by atoms with Crippen LogP contribution in [-0.4, -0.2) is 60.1 Å². The largest absolute Gasteiger partial charge is 0.439 e. The standard InChI is InChI=1S/C15H20N4O/c1-2-4-14-13(3-1)17-15(20-14)11-18-9-12(10-18)19-7-5-16-6-8-19/h1-4,12,16H,5-11H2. The molecule has 0 radical (unpaired) electrons. The van der Waals surface area contributed by atoms with Crippen molar-refractivity contribution < 1.29 is 4.42 Å². The lowest BCUT2D eigenvalue weighted by Crippen LogP contribution is -2.62. The first-order valence-corrected chi connectivity index (χ1v) is 7.40. The number of nitrogens with one attached hydrogen (secondary N) is 1. The van der Waals surface area contributed by atoms with E-state index < -0.39 is 0 Å². The van der Waals surface area contributed by atoms with Gasteiger partial charge in [0.05, 0.1) is 6.54 Å². The molecule has 3 heterocycles. The number of likely N-dealkylation sites (tertiary alicyclic amines) is 1. The smallest absolute Gasteiger partial charge is 0.209 e. The first-order valence-electron chi connectivity index (χ1n) is 7.40. The third kappa shape index (κ3) is 2.32. The van der Waals surface area contributed by atoms with Gasteiger partial charge in [0, 0.05) is 45.3 Å². The molecule has 0 spiro atoms. The summed E-state index contributed by atoms with van der Waals surface area (Å²) in [6.07, 6.45) is 0. The lowest BCUT2D eigenvalue weighted by Gasteiger charge is -2.46. The summed E-state index contributed by atoms with van der Waals surface area (Å²) < 4.78 is 5.78. The van der Waals surface area contributed by atoms with Crippen molar-refractivity contribution >= 4 is 11.1 Å². The van der Waals surface area contributed by atoms with Gasteiger partial charge in [0.25, 0.3) is 0 Å². The zero-order valence-electron chi connectivity index (χ0n) is 11.6. The molecule has 1 aromatic carbocycles. The Labute approximate surface area is 118 Å². The molecule has 1 aromatic heterocycles. The fraction of sp³-hybridized carbons (Fsp3) is 0.533. The van der Waals surface area contributed by atoms with Crippen molar-refractivity contribution in [2.75, 3.05) is 39.3 Å². The Balaban J connectivity index is 1.34. The first-order chi connectivity index (χ1) is 9.88. The molecule has 0 aliphatic carbocycles. The molecule has 20 heavy (non-hydrogen) atoms. The van der Waals surface area contributed by atoms with Gasteiger partial charge >= 0.3 is 0 Å². The van der Waals surface area contributed by atoms with E-state index in [1.165, 1.54) is 13.1 Å². The van der Waals surface area contributed by atoms with E-state index in [1.54, 1.807) is 0 Å². The SMILES string of the molecule is c1ccc2oc(CN3CC(N4CCNCC4)C3)nc2c1. The van der Waals surface area contributed by atoms with Crippen LogP contribution in [0.15, 0.2) is 28.7 Å². The Morgan fingerprint density at radius 3 is 2.80 bits per heavy atom. The van der Waals surface area contributed by atoms with Gasteiger partial charge in [-0.2, -0.15) is 0 Å². The summed E-state index contributed by atoms with van der Waals surface area (Å²) in [6.45, 7) is 7.72. The summed E-state index contributed by atoms with van der Waals surface area (Å²) in [4.78, 5) is 9.55. The number of piperazine rings is 1. The molecule has 2 aliphatic heterocycles. The van der Waals surface area contributed by atoms with Crippen LogP contribution < -0.4 is 5.32 Å². The molecule has 0 bridgehead atoms. The highest BCUT2D eigenvalue weighted by Gasteiger charge is 2.32. The maximum atomic E-state index is 5.78. The molecule has 2 fully saturated rings. The lowest BCUT2D eigenvalue weighted by atomic mass is 10.1. The quantitative estimate of drug-likeness (QED) is 0.900. The Hall–Kier alpha value is -1.43. The predicted octanol–water partition coefficient (Wildman–Crippen LogP) is 0.917. The maximum absolute atomic E-state index is 5.78. The van der Waals surface area contributed by atoms with E-state index in [4.69, 9.17) is 4.42 Å². The molecule has 2 saturated heterocycles. The molecule has 0 unspecified atom stereocenters. The minimum atomic E-state index is 0.724. The van der Waals surface area contributed by atoms with Crippen molar-refractivity contribution in [3.8, 4) is 0 Å². The van der Waals surface area contributed by atoms with Crippen LogP contribution in [0, 0.1) is 0 Å². The highest BCUT2D eigenvalue weighted by atomic mass is 16.3. The number of nitrogens with zero attached hydrogens (tertiary/aromatic N) is 3. The number of fused-ring (bicyclic) bond motifs is 1. The molecule has 0 saturated carbocycles. The summed E-state index contributed by atoms with van der Waals surface area (Å²) in [5, 5.41) is 3.40. The number of para-hydroxylation sites is 2. The molecule has 0 atom stereocenters. The predicted molar refractivity (Wildman–Crippen MR) is 77.5 cm³/mol. The van der Waals surface area contributed by atoms with E-state index in [-0.39, 0.29) is 0 Å². The molecule has 2 aromatic rings. The van der Waals surface area contributed by atoms with Gasteiger partial charge in [-0.1, -0.05) is 12.1 Å². The summed E-state index contributed by atoms with van der Waals surface area (Å²) >= 11 is 0. The zero-order chi connectivity index (χ0) is 13.4. The Morgan fingerprint density at radius 1 is 1.20 bits per heavy atom. The third-order valence-electron chi connectivity index (χ3n) is 4.30. The van der Waals surface area contributed by atoms with Gasteiger partial charge in [0.15, 0.2) is 5.58 Å². The number of benzene rings is 1. The number of hydrogen-bond donors (Lipinski definition) is 1. The highest BCUT2D eigenvalue weighted by Crippen LogP contribution is 2.20. The lowest BCUT2D eigenvalue weighted by molar-refractivity contribution is 0.0179. The van der Waals surface area contributed by atoms with Crippen molar-refractivity contribution in [3.63, 3.8) is 0 Å². The fourth-order valence-electron chi connectivity index (χ4n) is 3.13. The van der Waals surface area contributed by atoms with Crippen molar-refractivity contribution in [2.24, 2.45) is 0 Å². The van der Waals surface area contributed by atoms with Crippen LogP contribution in [0.25, 0.3) is 11.1 Å². The van der Waals surface area contributed by atoms with Gasteiger partial charge < -0.3 is 9.73 Å². The van der Waals surface area contributed by atoms with Gasteiger partial charge in [0.1, 0.15) is 5.52 Å².